The normalized spacial score (nSPS) is 33.1. The molecule has 1 heteroatoms. The van der Waals surface area contributed by atoms with E-state index in [2.05, 4.69) is 34.6 Å². The largest absolute Gasteiger partial charge is 0.393 e. The van der Waals surface area contributed by atoms with E-state index in [1.54, 1.807) is 0 Å². The number of aliphatic hydroxyl groups excluding tert-OH is 1. The first kappa shape index (κ1) is 21.0. The molecule has 21 heavy (non-hydrogen) atoms. The van der Waals surface area contributed by atoms with E-state index in [-0.39, 0.29) is 13.5 Å². The Morgan fingerprint density at radius 3 is 1.33 bits per heavy atom. The van der Waals surface area contributed by atoms with Crippen LogP contribution in [0.25, 0.3) is 0 Å². The van der Waals surface area contributed by atoms with Gasteiger partial charge in [-0.15, -0.1) is 0 Å². The molecule has 0 aromatic carbocycles. The molecule has 0 aliphatic heterocycles. The van der Waals surface area contributed by atoms with Crippen LogP contribution in [0.15, 0.2) is 0 Å². The van der Waals surface area contributed by atoms with Crippen molar-refractivity contribution >= 4 is 0 Å². The molecule has 2 aliphatic carbocycles. The topological polar surface area (TPSA) is 20.2 Å². The Morgan fingerprint density at radius 1 is 0.667 bits per heavy atom. The van der Waals surface area contributed by atoms with Crippen molar-refractivity contribution in [2.75, 3.05) is 0 Å². The van der Waals surface area contributed by atoms with E-state index >= 15 is 0 Å². The molecule has 2 fully saturated rings. The fourth-order valence-electron chi connectivity index (χ4n) is 3.72. The minimum atomic E-state index is 0. The summed E-state index contributed by atoms with van der Waals surface area (Å²) in [6.07, 6.45) is 10.5. The zero-order valence-electron chi connectivity index (χ0n) is 14.6. The molecular weight excluding hydrogens is 256 g/mol. The summed E-state index contributed by atoms with van der Waals surface area (Å²) in [7, 11) is 0. The molecule has 0 heterocycles. The second kappa shape index (κ2) is 10.6. The maximum atomic E-state index is 9.21. The molecule has 128 valence electrons. The third-order valence-corrected chi connectivity index (χ3v) is 5.69. The SMILES string of the molecule is C.CC(C)C1CCC(O)CC1.CC1CCC(C(C)C)CC1. The molecule has 0 saturated heterocycles. The van der Waals surface area contributed by atoms with Crippen LogP contribution in [0, 0.1) is 29.6 Å². The molecule has 0 spiro atoms. The predicted octanol–water partition coefficient (Wildman–Crippen LogP) is 6.30. The summed E-state index contributed by atoms with van der Waals surface area (Å²) >= 11 is 0. The van der Waals surface area contributed by atoms with Gasteiger partial charge in [0.25, 0.3) is 0 Å². The lowest BCUT2D eigenvalue weighted by Gasteiger charge is -2.28. The van der Waals surface area contributed by atoms with Crippen LogP contribution in [-0.2, 0) is 0 Å². The average molecular weight is 299 g/mol. The van der Waals surface area contributed by atoms with Crippen molar-refractivity contribution in [3.8, 4) is 0 Å². The van der Waals surface area contributed by atoms with Crippen LogP contribution in [0.4, 0.5) is 0 Å². The molecule has 0 atom stereocenters. The van der Waals surface area contributed by atoms with Gasteiger partial charge in [-0.2, -0.15) is 0 Å². The second-order valence-corrected chi connectivity index (χ2v) is 8.08. The van der Waals surface area contributed by atoms with Gasteiger partial charge in [-0.1, -0.05) is 54.9 Å². The highest BCUT2D eigenvalue weighted by molar-refractivity contribution is 4.73. The first-order valence-corrected chi connectivity index (χ1v) is 9.08. The van der Waals surface area contributed by atoms with Crippen molar-refractivity contribution in [2.45, 2.75) is 99.5 Å². The molecule has 0 amide bonds. The molecule has 2 aliphatic rings. The summed E-state index contributed by atoms with van der Waals surface area (Å²) in [5, 5.41) is 9.21. The van der Waals surface area contributed by atoms with Gasteiger partial charge in [0.1, 0.15) is 0 Å². The molecular formula is C20H42O. The fraction of sp³-hybridized carbons (Fsp3) is 1.00. The van der Waals surface area contributed by atoms with Crippen molar-refractivity contribution in [1.82, 2.24) is 0 Å². The maximum absolute atomic E-state index is 9.21. The predicted molar refractivity (Wildman–Crippen MR) is 95.5 cm³/mol. The first-order chi connectivity index (χ1) is 9.40. The minimum absolute atomic E-state index is 0. The summed E-state index contributed by atoms with van der Waals surface area (Å²) < 4.78 is 0. The summed E-state index contributed by atoms with van der Waals surface area (Å²) in [4.78, 5) is 0. The van der Waals surface area contributed by atoms with Gasteiger partial charge in [0.05, 0.1) is 6.10 Å². The van der Waals surface area contributed by atoms with Crippen LogP contribution in [0.3, 0.4) is 0 Å². The van der Waals surface area contributed by atoms with Crippen LogP contribution in [-0.4, -0.2) is 11.2 Å². The molecule has 2 rings (SSSR count). The van der Waals surface area contributed by atoms with Crippen LogP contribution in [0.1, 0.15) is 93.4 Å². The Hall–Kier alpha value is -0.0400. The van der Waals surface area contributed by atoms with Crippen molar-refractivity contribution in [3.63, 3.8) is 0 Å². The van der Waals surface area contributed by atoms with Gasteiger partial charge in [-0.05, 0) is 68.1 Å². The summed E-state index contributed by atoms with van der Waals surface area (Å²) in [6.45, 7) is 11.7. The van der Waals surface area contributed by atoms with Crippen LogP contribution in [0.2, 0.25) is 0 Å². The zero-order chi connectivity index (χ0) is 15.1. The quantitative estimate of drug-likeness (QED) is 0.634. The van der Waals surface area contributed by atoms with Crippen molar-refractivity contribution in [2.24, 2.45) is 29.6 Å². The Balaban J connectivity index is 0.000000364. The van der Waals surface area contributed by atoms with Gasteiger partial charge in [0, 0.05) is 0 Å². The van der Waals surface area contributed by atoms with Crippen LogP contribution >= 0.6 is 0 Å². The highest BCUT2D eigenvalue weighted by atomic mass is 16.3. The van der Waals surface area contributed by atoms with Gasteiger partial charge in [0.15, 0.2) is 0 Å². The Labute approximate surface area is 134 Å². The van der Waals surface area contributed by atoms with Gasteiger partial charge >= 0.3 is 0 Å². The minimum Gasteiger partial charge on any atom is -0.393 e. The number of hydrogen-bond donors (Lipinski definition) is 1. The standard InChI is InChI=1S/C10H20.C9H18O.CH4/c1-8(2)10-6-4-9(3)5-7-10;1-7(2)8-3-5-9(10)6-4-8;/h8-10H,4-7H2,1-3H3;7-10H,3-6H2,1-2H3;1H4. The second-order valence-electron chi connectivity index (χ2n) is 8.08. The fourth-order valence-corrected chi connectivity index (χ4v) is 3.72. The summed E-state index contributed by atoms with van der Waals surface area (Å²) in [5.41, 5.74) is 0. The molecule has 1 nitrogen and oxygen atoms in total. The third-order valence-electron chi connectivity index (χ3n) is 5.69. The molecule has 1 N–H and O–H groups in total. The Morgan fingerprint density at radius 2 is 1.00 bits per heavy atom. The molecule has 0 aromatic rings. The average Bonchev–Trinajstić information content (AvgIpc) is 2.40. The van der Waals surface area contributed by atoms with Gasteiger partial charge in [-0.25, -0.2) is 0 Å². The summed E-state index contributed by atoms with van der Waals surface area (Å²) in [5.74, 6) is 4.66. The Kier molecular flexibility index (Phi) is 10.6. The van der Waals surface area contributed by atoms with E-state index in [4.69, 9.17) is 0 Å². The van der Waals surface area contributed by atoms with Crippen molar-refractivity contribution in [3.05, 3.63) is 0 Å². The molecule has 0 unspecified atom stereocenters. The molecule has 0 aromatic heterocycles. The highest BCUT2D eigenvalue weighted by Crippen LogP contribution is 2.32. The number of hydrogen-bond acceptors (Lipinski definition) is 1. The molecule has 0 radical (unpaired) electrons. The lowest BCUT2D eigenvalue weighted by atomic mass is 9.78. The summed E-state index contributed by atoms with van der Waals surface area (Å²) in [6, 6.07) is 0. The number of rotatable bonds is 2. The van der Waals surface area contributed by atoms with Gasteiger partial charge in [-0.3, -0.25) is 0 Å². The van der Waals surface area contributed by atoms with E-state index in [9.17, 15) is 5.11 Å². The highest BCUT2D eigenvalue weighted by Gasteiger charge is 2.21. The lowest BCUT2D eigenvalue weighted by Crippen LogP contribution is -2.21. The maximum Gasteiger partial charge on any atom is 0.0540 e. The van der Waals surface area contributed by atoms with E-state index in [0.717, 1.165) is 42.4 Å². The van der Waals surface area contributed by atoms with Gasteiger partial charge < -0.3 is 5.11 Å². The van der Waals surface area contributed by atoms with E-state index in [1.165, 1.54) is 38.5 Å². The zero-order valence-corrected chi connectivity index (χ0v) is 14.6. The van der Waals surface area contributed by atoms with Gasteiger partial charge in [0.2, 0.25) is 0 Å². The number of aliphatic hydroxyl groups is 1. The lowest BCUT2D eigenvalue weighted by molar-refractivity contribution is 0.0963. The van der Waals surface area contributed by atoms with Crippen molar-refractivity contribution in [1.29, 1.82) is 0 Å². The van der Waals surface area contributed by atoms with Crippen LogP contribution in [0.5, 0.6) is 0 Å². The monoisotopic (exact) mass is 298 g/mol. The van der Waals surface area contributed by atoms with E-state index in [0.29, 0.717) is 0 Å². The van der Waals surface area contributed by atoms with Crippen LogP contribution < -0.4 is 0 Å². The van der Waals surface area contributed by atoms with E-state index < -0.39 is 0 Å². The molecule has 2 saturated carbocycles. The Bertz CT molecular complexity index is 204. The van der Waals surface area contributed by atoms with Crippen molar-refractivity contribution < 1.29 is 5.11 Å². The first-order valence-electron chi connectivity index (χ1n) is 9.08. The smallest absolute Gasteiger partial charge is 0.0540 e. The molecule has 0 bridgehead atoms. The van der Waals surface area contributed by atoms with E-state index in [1.807, 2.05) is 0 Å². The third kappa shape index (κ3) is 8.24.